The van der Waals surface area contributed by atoms with E-state index >= 15 is 0 Å². The molecular weight excluding hydrogens is 346 g/mol. The number of aromatic nitrogens is 3. The molecule has 1 saturated heterocycles. The van der Waals surface area contributed by atoms with Crippen molar-refractivity contribution in [1.82, 2.24) is 24.8 Å². The minimum atomic E-state index is -3.26. The van der Waals surface area contributed by atoms with Crippen molar-refractivity contribution in [2.75, 3.05) is 32.5 Å². The van der Waals surface area contributed by atoms with Crippen LogP contribution in [0.15, 0.2) is 30.6 Å². The molecule has 1 aliphatic rings. The van der Waals surface area contributed by atoms with Gasteiger partial charge in [0.2, 0.25) is 10.0 Å². The molecule has 0 radical (unpaired) electrons. The van der Waals surface area contributed by atoms with E-state index in [-0.39, 0.29) is 25.1 Å². The molecule has 1 amide bonds. The number of ether oxygens (including phenoxy) is 1. The Bertz CT molecular complexity index is 837. The zero-order chi connectivity index (χ0) is 17.9. The summed E-state index contributed by atoms with van der Waals surface area (Å²) in [6.07, 6.45) is 4.09. The number of rotatable bonds is 5. The van der Waals surface area contributed by atoms with E-state index in [9.17, 15) is 13.2 Å². The average Bonchev–Trinajstić information content (AvgIpc) is 3.10. The van der Waals surface area contributed by atoms with Gasteiger partial charge in [0.15, 0.2) is 0 Å². The third-order valence-electron chi connectivity index (χ3n) is 3.86. The number of nitrogens with one attached hydrogen (secondary N) is 2. The summed E-state index contributed by atoms with van der Waals surface area (Å²) in [5.41, 5.74) is 1.82. The Kier molecular flexibility index (Phi) is 5.11. The van der Waals surface area contributed by atoms with E-state index in [0.29, 0.717) is 24.5 Å². The first-order valence-corrected chi connectivity index (χ1v) is 9.59. The van der Waals surface area contributed by atoms with Crippen molar-refractivity contribution in [2.24, 2.45) is 0 Å². The van der Waals surface area contributed by atoms with Crippen LogP contribution in [-0.2, 0) is 14.8 Å². The number of nitrogens with zero attached hydrogens (tertiary/aromatic N) is 3. The fourth-order valence-corrected chi connectivity index (χ4v) is 3.37. The second-order valence-corrected chi connectivity index (χ2v) is 7.71. The molecule has 10 heteroatoms. The molecule has 3 rings (SSSR count). The molecule has 1 aliphatic heterocycles. The Morgan fingerprint density at radius 1 is 1.44 bits per heavy atom. The Morgan fingerprint density at radius 2 is 2.20 bits per heavy atom. The standard InChI is InChI=1S/C15H19N5O4S/c1-25(22,23)20-6-7-24-12(10-20)9-17-15(21)14-8-13(18-19-14)11-2-4-16-5-3-11/h2-5,8,12H,6-7,9-10H2,1H3,(H,17,21)(H,18,19). The highest BCUT2D eigenvalue weighted by molar-refractivity contribution is 7.88. The van der Waals surface area contributed by atoms with Crippen molar-refractivity contribution < 1.29 is 17.9 Å². The summed E-state index contributed by atoms with van der Waals surface area (Å²) in [6, 6.07) is 5.25. The Balaban J connectivity index is 1.57. The van der Waals surface area contributed by atoms with Gasteiger partial charge in [-0.05, 0) is 18.2 Å². The van der Waals surface area contributed by atoms with Crippen LogP contribution in [0.3, 0.4) is 0 Å². The molecule has 0 bridgehead atoms. The average molecular weight is 365 g/mol. The van der Waals surface area contributed by atoms with Gasteiger partial charge in [-0.1, -0.05) is 0 Å². The Morgan fingerprint density at radius 3 is 2.92 bits per heavy atom. The van der Waals surface area contributed by atoms with Gasteiger partial charge in [0.05, 0.1) is 24.7 Å². The normalized spacial score (nSPS) is 18.8. The highest BCUT2D eigenvalue weighted by Gasteiger charge is 2.26. The predicted octanol–water partition coefficient (Wildman–Crippen LogP) is -0.138. The van der Waals surface area contributed by atoms with E-state index in [4.69, 9.17) is 4.74 Å². The van der Waals surface area contributed by atoms with Crippen LogP contribution in [0.2, 0.25) is 0 Å². The fraction of sp³-hybridized carbons (Fsp3) is 0.400. The van der Waals surface area contributed by atoms with Gasteiger partial charge in [-0.15, -0.1) is 0 Å². The predicted molar refractivity (Wildman–Crippen MR) is 90.3 cm³/mol. The number of hydrogen-bond donors (Lipinski definition) is 2. The number of H-pyrrole nitrogens is 1. The lowest BCUT2D eigenvalue weighted by Gasteiger charge is -2.31. The molecule has 9 nitrogen and oxygen atoms in total. The maximum absolute atomic E-state index is 12.2. The summed E-state index contributed by atoms with van der Waals surface area (Å²) in [4.78, 5) is 16.2. The van der Waals surface area contributed by atoms with Crippen molar-refractivity contribution >= 4 is 15.9 Å². The number of pyridine rings is 1. The van der Waals surface area contributed by atoms with Crippen LogP contribution < -0.4 is 5.32 Å². The SMILES string of the molecule is CS(=O)(=O)N1CCOC(CNC(=O)c2cc(-c3ccncc3)n[nH]2)C1. The van der Waals surface area contributed by atoms with Crippen LogP contribution in [0.1, 0.15) is 10.5 Å². The van der Waals surface area contributed by atoms with Crippen LogP contribution in [0, 0.1) is 0 Å². The van der Waals surface area contributed by atoms with Crippen molar-refractivity contribution in [3.05, 3.63) is 36.3 Å². The van der Waals surface area contributed by atoms with Crippen LogP contribution in [0.5, 0.6) is 0 Å². The first-order chi connectivity index (χ1) is 11.9. The maximum atomic E-state index is 12.2. The zero-order valence-electron chi connectivity index (χ0n) is 13.7. The molecule has 0 aliphatic carbocycles. The second-order valence-electron chi connectivity index (χ2n) is 5.73. The van der Waals surface area contributed by atoms with E-state index in [2.05, 4.69) is 20.5 Å². The van der Waals surface area contributed by atoms with Gasteiger partial charge in [-0.2, -0.15) is 9.40 Å². The molecule has 2 N–H and O–H groups in total. The third kappa shape index (κ3) is 4.41. The van der Waals surface area contributed by atoms with Crippen LogP contribution >= 0.6 is 0 Å². The smallest absolute Gasteiger partial charge is 0.269 e. The van der Waals surface area contributed by atoms with Crippen LogP contribution in [0.4, 0.5) is 0 Å². The van der Waals surface area contributed by atoms with Crippen molar-refractivity contribution in [2.45, 2.75) is 6.10 Å². The summed E-state index contributed by atoms with van der Waals surface area (Å²) in [6.45, 7) is 1.09. The molecule has 2 aromatic heterocycles. The first-order valence-electron chi connectivity index (χ1n) is 7.74. The lowest BCUT2D eigenvalue weighted by Crippen LogP contribution is -2.49. The quantitative estimate of drug-likeness (QED) is 0.762. The molecular formula is C15H19N5O4S. The summed E-state index contributed by atoms with van der Waals surface area (Å²) in [5, 5.41) is 9.55. The minimum absolute atomic E-state index is 0.217. The molecule has 25 heavy (non-hydrogen) atoms. The number of morpholine rings is 1. The van der Waals surface area contributed by atoms with Gasteiger partial charge < -0.3 is 10.1 Å². The van der Waals surface area contributed by atoms with Gasteiger partial charge in [0, 0.05) is 37.6 Å². The fourth-order valence-electron chi connectivity index (χ4n) is 2.53. The van der Waals surface area contributed by atoms with E-state index in [1.807, 2.05) is 0 Å². The van der Waals surface area contributed by atoms with Gasteiger partial charge in [0.1, 0.15) is 5.69 Å². The summed E-state index contributed by atoms with van der Waals surface area (Å²) >= 11 is 0. The Labute approximate surface area is 145 Å². The molecule has 2 aromatic rings. The molecule has 134 valence electrons. The molecule has 0 spiro atoms. The van der Waals surface area contributed by atoms with E-state index in [0.717, 1.165) is 5.56 Å². The third-order valence-corrected chi connectivity index (χ3v) is 5.13. The topological polar surface area (TPSA) is 117 Å². The molecule has 0 saturated carbocycles. The molecule has 1 unspecified atom stereocenters. The minimum Gasteiger partial charge on any atom is -0.374 e. The first kappa shape index (κ1) is 17.5. The van der Waals surface area contributed by atoms with E-state index in [1.54, 1.807) is 30.6 Å². The monoisotopic (exact) mass is 365 g/mol. The highest BCUT2D eigenvalue weighted by Crippen LogP contribution is 2.16. The number of carbonyl (C=O) groups is 1. The Hall–Kier alpha value is -2.30. The largest absolute Gasteiger partial charge is 0.374 e. The van der Waals surface area contributed by atoms with Gasteiger partial charge in [0.25, 0.3) is 5.91 Å². The van der Waals surface area contributed by atoms with Gasteiger partial charge in [-0.25, -0.2) is 8.42 Å². The van der Waals surface area contributed by atoms with E-state index < -0.39 is 10.0 Å². The number of sulfonamides is 1. The molecule has 3 heterocycles. The molecule has 0 aromatic carbocycles. The number of hydrogen-bond acceptors (Lipinski definition) is 6. The lowest BCUT2D eigenvalue weighted by molar-refractivity contribution is 0.000412. The summed E-state index contributed by atoms with van der Waals surface area (Å²) in [7, 11) is -3.26. The molecule has 1 fully saturated rings. The van der Waals surface area contributed by atoms with E-state index in [1.165, 1.54) is 10.6 Å². The van der Waals surface area contributed by atoms with Crippen molar-refractivity contribution in [3.8, 4) is 11.3 Å². The summed E-state index contributed by atoms with van der Waals surface area (Å²) in [5.74, 6) is -0.326. The zero-order valence-corrected chi connectivity index (χ0v) is 14.5. The van der Waals surface area contributed by atoms with Gasteiger partial charge >= 0.3 is 0 Å². The number of carbonyl (C=O) groups excluding carboxylic acids is 1. The van der Waals surface area contributed by atoms with Gasteiger partial charge in [-0.3, -0.25) is 14.9 Å². The van der Waals surface area contributed by atoms with Crippen LogP contribution in [0.25, 0.3) is 11.3 Å². The van der Waals surface area contributed by atoms with Crippen LogP contribution in [-0.4, -0.2) is 72.4 Å². The van der Waals surface area contributed by atoms with Crippen molar-refractivity contribution in [1.29, 1.82) is 0 Å². The number of aromatic amines is 1. The van der Waals surface area contributed by atoms with Crippen molar-refractivity contribution in [3.63, 3.8) is 0 Å². The highest BCUT2D eigenvalue weighted by atomic mass is 32.2. The maximum Gasteiger partial charge on any atom is 0.269 e. The second kappa shape index (κ2) is 7.30. The number of amides is 1. The molecule has 1 atom stereocenters. The summed E-state index contributed by atoms with van der Waals surface area (Å²) < 4.78 is 30.1. The lowest BCUT2D eigenvalue weighted by atomic mass is 10.2.